The zero-order chi connectivity index (χ0) is 36.8. The molecule has 0 aliphatic rings. The minimum Gasteiger partial charge on any atom is -0.465 e. The van der Waals surface area contributed by atoms with Crippen LogP contribution in [-0.4, -0.2) is 38.5 Å². The van der Waals surface area contributed by atoms with E-state index >= 15 is 4.39 Å². The van der Waals surface area contributed by atoms with Crippen molar-refractivity contribution in [2.75, 3.05) is 7.11 Å². The number of alkyl halides is 2. The van der Waals surface area contributed by atoms with E-state index in [1.165, 1.54) is 54.1 Å². The number of nitrogens with zero attached hydrogens (tertiary/aromatic N) is 3. The number of hydrogen-bond donors (Lipinski definition) is 0. The van der Waals surface area contributed by atoms with Crippen molar-refractivity contribution in [3.8, 4) is 33.5 Å². The summed E-state index contributed by atoms with van der Waals surface area (Å²) in [6.45, 7) is 8.81. The second-order valence-electron chi connectivity index (χ2n) is 12.8. The van der Waals surface area contributed by atoms with Crippen molar-refractivity contribution in [1.82, 2.24) is 13.8 Å². The first-order valence-corrected chi connectivity index (χ1v) is 17.0. The van der Waals surface area contributed by atoms with E-state index in [0.29, 0.717) is 65.7 Å². The third-order valence-electron chi connectivity index (χ3n) is 8.16. The highest BCUT2D eigenvalue weighted by Gasteiger charge is 2.29. The number of methoxy groups -OCH3 is 1. The Balaban J connectivity index is 1.63. The van der Waals surface area contributed by atoms with Crippen LogP contribution < -0.4 is 0 Å². The van der Waals surface area contributed by atoms with Crippen molar-refractivity contribution >= 4 is 46.5 Å². The monoisotopic (exact) mass is 731 g/mol. The third kappa shape index (κ3) is 7.13. The molecule has 0 aliphatic heterocycles. The SMILES string of the molecule is COC(=O)c1ccc(-c2cccc(-c3c(-c4c(C)nn(C(=O)OC(C)(C)C)c4C)c4cc(F)ccc4n3Sc3ccc(C(F)F)cc3)c2)c(Cl)c1. The number of aryl methyl sites for hydroxylation is 1. The van der Waals surface area contributed by atoms with E-state index in [1.807, 2.05) is 28.2 Å². The summed E-state index contributed by atoms with van der Waals surface area (Å²) in [7, 11) is 1.29. The van der Waals surface area contributed by atoms with Crippen LogP contribution in [0.2, 0.25) is 5.02 Å². The molecule has 51 heavy (non-hydrogen) atoms. The van der Waals surface area contributed by atoms with E-state index < -0.39 is 29.9 Å². The minimum absolute atomic E-state index is 0.108. The maximum atomic E-state index is 15.2. The molecule has 0 N–H and O–H groups in total. The number of esters is 1. The summed E-state index contributed by atoms with van der Waals surface area (Å²) < 4.78 is 55.7. The van der Waals surface area contributed by atoms with Gasteiger partial charge in [-0.2, -0.15) is 9.78 Å². The molecule has 0 bridgehead atoms. The maximum absolute atomic E-state index is 15.2. The Kier molecular flexibility index (Phi) is 9.80. The molecule has 0 radical (unpaired) electrons. The lowest BCUT2D eigenvalue weighted by Gasteiger charge is -2.19. The quantitative estimate of drug-likeness (QED) is 0.152. The Morgan fingerprint density at radius 2 is 1.61 bits per heavy atom. The van der Waals surface area contributed by atoms with Crippen LogP contribution in [0.1, 0.15) is 54.5 Å². The average molecular weight is 732 g/mol. The molecule has 0 saturated heterocycles. The Bertz CT molecular complexity index is 2310. The fourth-order valence-electron chi connectivity index (χ4n) is 5.94. The van der Waals surface area contributed by atoms with Crippen LogP contribution in [-0.2, 0) is 9.47 Å². The number of rotatable bonds is 7. The Morgan fingerprint density at radius 3 is 2.25 bits per heavy atom. The van der Waals surface area contributed by atoms with Crippen molar-refractivity contribution < 1.29 is 32.2 Å². The molecule has 0 atom stereocenters. The van der Waals surface area contributed by atoms with Crippen LogP contribution in [0.25, 0.3) is 44.4 Å². The van der Waals surface area contributed by atoms with Gasteiger partial charge in [0.15, 0.2) is 0 Å². The summed E-state index contributed by atoms with van der Waals surface area (Å²) in [4.78, 5) is 26.1. The summed E-state index contributed by atoms with van der Waals surface area (Å²) in [6.07, 6.45) is -3.28. The second kappa shape index (κ2) is 14.0. The smallest absolute Gasteiger partial charge is 0.435 e. The molecule has 6 aromatic rings. The van der Waals surface area contributed by atoms with E-state index in [-0.39, 0.29) is 5.56 Å². The van der Waals surface area contributed by atoms with Crippen molar-refractivity contribution in [2.45, 2.75) is 51.5 Å². The van der Waals surface area contributed by atoms with Crippen LogP contribution >= 0.6 is 23.5 Å². The molecular weight excluding hydrogens is 699 g/mol. The lowest BCUT2D eigenvalue weighted by atomic mass is 9.95. The molecule has 2 heterocycles. The number of ether oxygens (including phenoxy) is 2. The Hall–Kier alpha value is -5.00. The lowest BCUT2D eigenvalue weighted by Crippen LogP contribution is -2.28. The molecule has 0 aliphatic carbocycles. The zero-order valence-electron chi connectivity index (χ0n) is 28.6. The molecule has 0 amide bonds. The summed E-state index contributed by atoms with van der Waals surface area (Å²) in [5.41, 5.74) is 4.97. The minimum atomic E-state index is -2.62. The summed E-state index contributed by atoms with van der Waals surface area (Å²) in [5.74, 6) is -0.991. The summed E-state index contributed by atoms with van der Waals surface area (Å²) in [5, 5.41) is 5.44. The number of fused-ring (bicyclic) bond motifs is 1. The fraction of sp³-hybridized carbons (Fsp3) is 0.205. The lowest BCUT2D eigenvalue weighted by molar-refractivity contribution is 0.0509. The van der Waals surface area contributed by atoms with Gasteiger partial charge in [0.2, 0.25) is 0 Å². The predicted octanol–water partition coefficient (Wildman–Crippen LogP) is 11.3. The second-order valence-corrected chi connectivity index (χ2v) is 14.3. The van der Waals surface area contributed by atoms with Gasteiger partial charge in [0.1, 0.15) is 11.4 Å². The number of aromatic nitrogens is 3. The van der Waals surface area contributed by atoms with Crippen molar-refractivity contribution in [2.24, 2.45) is 0 Å². The molecule has 12 heteroatoms. The van der Waals surface area contributed by atoms with Gasteiger partial charge < -0.3 is 9.47 Å². The van der Waals surface area contributed by atoms with Gasteiger partial charge in [-0.15, -0.1) is 0 Å². The van der Waals surface area contributed by atoms with Gasteiger partial charge in [-0.25, -0.2) is 22.8 Å². The molecule has 0 saturated carbocycles. The fourth-order valence-corrected chi connectivity index (χ4v) is 7.24. The number of carbonyl (C=O) groups is 2. The van der Waals surface area contributed by atoms with Crippen LogP contribution in [0.15, 0.2) is 89.8 Å². The average Bonchev–Trinajstić information content (AvgIpc) is 3.55. The van der Waals surface area contributed by atoms with Crippen molar-refractivity contribution in [3.63, 3.8) is 0 Å². The molecule has 4 aromatic carbocycles. The van der Waals surface area contributed by atoms with E-state index in [2.05, 4.69) is 5.10 Å². The zero-order valence-corrected chi connectivity index (χ0v) is 30.1. The molecule has 0 fully saturated rings. The first-order chi connectivity index (χ1) is 24.2. The van der Waals surface area contributed by atoms with Gasteiger partial charge in [-0.3, -0.25) is 3.97 Å². The van der Waals surface area contributed by atoms with Crippen LogP contribution in [0.3, 0.4) is 0 Å². The summed E-state index contributed by atoms with van der Waals surface area (Å²) in [6, 6.07) is 22.9. The standard InChI is InChI=1S/C39H33ClF3N3O4S/c1-21-33(22(2)45(44-21)38(48)50-39(3,4)5)34-30-20-27(41)13-17-32(30)46(51-28-14-10-23(11-15-28)36(42)43)35(34)25-9-7-8-24(18-25)29-16-12-26(19-31(29)40)37(47)49-6/h7-20,36H,1-6H3. The van der Waals surface area contributed by atoms with Gasteiger partial charge in [0, 0.05) is 43.1 Å². The molecule has 2 aromatic heterocycles. The third-order valence-corrected chi connectivity index (χ3v) is 9.52. The Labute approximate surface area is 302 Å². The van der Waals surface area contributed by atoms with Gasteiger partial charge >= 0.3 is 12.1 Å². The molecule has 6 rings (SSSR count). The van der Waals surface area contributed by atoms with E-state index in [4.69, 9.17) is 21.1 Å². The molecule has 0 spiro atoms. The molecule has 7 nitrogen and oxygen atoms in total. The van der Waals surface area contributed by atoms with E-state index in [9.17, 15) is 18.4 Å². The number of halogens is 4. The van der Waals surface area contributed by atoms with Crippen LogP contribution in [0.5, 0.6) is 0 Å². The first kappa shape index (κ1) is 35.8. The van der Waals surface area contributed by atoms with Crippen molar-refractivity contribution in [3.05, 3.63) is 118 Å². The highest BCUT2D eigenvalue weighted by molar-refractivity contribution is 7.98. The largest absolute Gasteiger partial charge is 0.465 e. The summed E-state index contributed by atoms with van der Waals surface area (Å²) >= 11 is 7.98. The highest BCUT2D eigenvalue weighted by Crippen LogP contribution is 2.47. The molecular formula is C39H33ClF3N3O4S. The van der Waals surface area contributed by atoms with Crippen molar-refractivity contribution in [1.29, 1.82) is 0 Å². The first-order valence-electron chi connectivity index (χ1n) is 15.9. The number of benzene rings is 4. The van der Waals surface area contributed by atoms with Gasteiger partial charge in [-0.1, -0.05) is 48.0 Å². The van der Waals surface area contributed by atoms with Crippen LogP contribution in [0.4, 0.5) is 18.0 Å². The van der Waals surface area contributed by atoms with Gasteiger partial charge in [0.05, 0.1) is 35.3 Å². The topological polar surface area (TPSA) is 75.3 Å². The van der Waals surface area contributed by atoms with E-state index in [1.54, 1.807) is 65.0 Å². The maximum Gasteiger partial charge on any atom is 0.435 e. The molecule has 262 valence electrons. The van der Waals surface area contributed by atoms with Gasteiger partial charge in [-0.05, 0) is 101 Å². The normalized spacial score (nSPS) is 11.7. The van der Waals surface area contributed by atoms with Gasteiger partial charge in [0.25, 0.3) is 6.43 Å². The highest BCUT2D eigenvalue weighted by atomic mass is 35.5. The number of hydrogen-bond acceptors (Lipinski definition) is 6. The van der Waals surface area contributed by atoms with Crippen LogP contribution in [0, 0.1) is 19.7 Å². The van der Waals surface area contributed by atoms with E-state index in [0.717, 1.165) is 5.56 Å². The molecule has 0 unspecified atom stereocenters. The number of carbonyl (C=O) groups excluding carboxylic acids is 2. The predicted molar refractivity (Wildman–Crippen MR) is 194 cm³/mol. The Morgan fingerprint density at radius 1 is 0.902 bits per heavy atom.